The predicted molar refractivity (Wildman–Crippen MR) is 88.7 cm³/mol. The van der Waals surface area contributed by atoms with Crippen molar-refractivity contribution in [2.45, 2.75) is 44.7 Å². The van der Waals surface area contributed by atoms with Gasteiger partial charge in [0.1, 0.15) is 0 Å². The molecular formula is C18H27N3O. The molecule has 1 saturated heterocycles. The van der Waals surface area contributed by atoms with Gasteiger partial charge in [0.15, 0.2) is 0 Å². The summed E-state index contributed by atoms with van der Waals surface area (Å²) in [7, 11) is 0. The molecule has 0 bridgehead atoms. The van der Waals surface area contributed by atoms with Gasteiger partial charge in [-0.25, -0.2) is 0 Å². The fourth-order valence-electron chi connectivity index (χ4n) is 3.46. The summed E-state index contributed by atoms with van der Waals surface area (Å²) >= 11 is 0. The first-order valence-corrected chi connectivity index (χ1v) is 8.63. The molecule has 0 aliphatic carbocycles. The highest BCUT2D eigenvalue weighted by Gasteiger charge is 2.20. The van der Waals surface area contributed by atoms with Crippen molar-refractivity contribution >= 4 is 5.91 Å². The Morgan fingerprint density at radius 1 is 1.27 bits per heavy atom. The van der Waals surface area contributed by atoms with Crippen LogP contribution in [0.15, 0.2) is 24.3 Å². The van der Waals surface area contributed by atoms with Gasteiger partial charge in [0.25, 0.3) is 0 Å². The lowest BCUT2D eigenvalue weighted by Crippen LogP contribution is -2.47. The van der Waals surface area contributed by atoms with Crippen LogP contribution in [0.2, 0.25) is 0 Å². The van der Waals surface area contributed by atoms with E-state index in [4.69, 9.17) is 0 Å². The minimum absolute atomic E-state index is 0.0376. The Morgan fingerprint density at radius 3 is 2.95 bits per heavy atom. The number of carbonyl (C=O) groups excluding carboxylic acids is 1. The topological polar surface area (TPSA) is 44.4 Å². The Balaban J connectivity index is 1.35. The average Bonchev–Trinajstić information content (AvgIpc) is 2.59. The van der Waals surface area contributed by atoms with Gasteiger partial charge in [0, 0.05) is 26.2 Å². The molecule has 4 nitrogen and oxygen atoms in total. The van der Waals surface area contributed by atoms with Crippen LogP contribution >= 0.6 is 0 Å². The van der Waals surface area contributed by atoms with Crippen LogP contribution in [0.5, 0.6) is 0 Å². The smallest absolute Gasteiger partial charge is 0.237 e. The molecule has 2 heterocycles. The molecule has 1 aromatic rings. The summed E-state index contributed by atoms with van der Waals surface area (Å²) in [4.78, 5) is 14.5. The number of hydrogen-bond acceptors (Lipinski definition) is 3. The highest BCUT2D eigenvalue weighted by atomic mass is 16.2. The summed E-state index contributed by atoms with van der Waals surface area (Å²) in [6, 6.07) is 8.76. The molecule has 2 aliphatic rings. The van der Waals surface area contributed by atoms with Crippen LogP contribution in [-0.4, -0.2) is 43.0 Å². The summed E-state index contributed by atoms with van der Waals surface area (Å²) in [6.45, 7) is 5.01. The third kappa shape index (κ3) is 4.08. The predicted octanol–water partition coefficient (Wildman–Crippen LogP) is 1.69. The van der Waals surface area contributed by atoms with Crippen LogP contribution in [-0.2, 0) is 17.8 Å². The van der Waals surface area contributed by atoms with Crippen LogP contribution in [0.3, 0.4) is 0 Å². The van der Waals surface area contributed by atoms with E-state index in [1.807, 2.05) is 0 Å². The molecule has 1 aromatic carbocycles. The number of nitrogens with zero attached hydrogens (tertiary/aromatic N) is 1. The number of rotatable bonds is 5. The minimum atomic E-state index is 0.0376. The van der Waals surface area contributed by atoms with Crippen LogP contribution in [0.25, 0.3) is 0 Å². The van der Waals surface area contributed by atoms with Gasteiger partial charge < -0.3 is 10.6 Å². The fraction of sp³-hybridized carbons (Fsp3) is 0.611. The molecule has 0 saturated carbocycles. The van der Waals surface area contributed by atoms with Gasteiger partial charge in [-0.2, -0.15) is 0 Å². The second-order valence-electron chi connectivity index (χ2n) is 6.44. The third-order valence-electron chi connectivity index (χ3n) is 4.79. The quantitative estimate of drug-likeness (QED) is 0.814. The number of fused-ring (bicyclic) bond motifs is 1. The van der Waals surface area contributed by atoms with E-state index in [2.05, 4.69) is 39.8 Å². The maximum atomic E-state index is 12.0. The standard InChI is InChI=1S/C18H27N3O/c22-18(17-8-3-4-10-19-17)20-11-5-12-21-13-9-15-6-1-2-7-16(15)14-21/h1-2,6-7,17,19H,3-5,8-14H2,(H,20,22). The molecule has 1 amide bonds. The van der Waals surface area contributed by atoms with E-state index < -0.39 is 0 Å². The zero-order valence-electron chi connectivity index (χ0n) is 13.3. The van der Waals surface area contributed by atoms with Crippen molar-refractivity contribution in [2.75, 3.05) is 26.2 Å². The molecule has 120 valence electrons. The largest absolute Gasteiger partial charge is 0.355 e. The number of amides is 1. The molecule has 0 aromatic heterocycles. The van der Waals surface area contributed by atoms with Crippen molar-refractivity contribution in [3.05, 3.63) is 35.4 Å². The Labute approximate surface area is 133 Å². The zero-order chi connectivity index (χ0) is 15.2. The lowest BCUT2D eigenvalue weighted by Gasteiger charge is -2.28. The van der Waals surface area contributed by atoms with Gasteiger partial charge in [0.2, 0.25) is 5.91 Å². The number of hydrogen-bond donors (Lipinski definition) is 2. The summed E-state index contributed by atoms with van der Waals surface area (Å²) in [5.41, 5.74) is 2.96. The van der Waals surface area contributed by atoms with E-state index in [9.17, 15) is 4.79 Å². The first-order chi connectivity index (χ1) is 10.8. The van der Waals surface area contributed by atoms with E-state index in [1.165, 1.54) is 17.5 Å². The maximum absolute atomic E-state index is 12.0. The highest BCUT2D eigenvalue weighted by molar-refractivity contribution is 5.81. The maximum Gasteiger partial charge on any atom is 0.237 e. The van der Waals surface area contributed by atoms with Crippen molar-refractivity contribution in [2.24, 2.45) is 0 Å². The molecule has 0 spiro atoms. The van der Waals surface area contributed by atoms with Crippen LogP contribution < -0.4 is 10.6 Å². The normalized spacial score (nSPS) is 22.1. The van der Waals surface area contributed by atoms with Gasteiger partial charge in [-0.1, -0.05) is 30.7 Å². The number of benzene rings is 1. The summed E-state index contributed by atoms with van der Waals surface area (Å²) < 4.78 is 0. The highest BCUT2D eigenvalue weighted by Crippen LogP contribution is 2.18. The minimum Gasteiger partial charge on any atom is -0.355 e. The molecule has 3 rings (SSSR count). The van der Waals surface area contributed by atoms with Gasteiger partial charge in [-0.3, -0.25) is 9.69 Å². The van der Waals surface area contributed by atoms with Crippen molar-refractivity contribution in [3.63, 3.8) is 0 Å². The van der Waals surface area contributed by atoms with Crippen LogP contribution in [0.1, 0.15) is 36.8 Å². The van der Waals surface area contributed by atoms with E-state index in [0.29, 0.717) is 0 Å². The molecule has 22 heavy (non-hydrogen) atoms. The second kappa shape index (κ2) is 7.75. The molecule has 0 radical (unpaired) electrons. The van der Waals surface area contributed by atoms with E-state index in [0.717, 1.165) is 58.4 Å². The first-order valence-electron chi connectivity index (χ1n) is 8.63. The van der Waals surface area contributed by atoms with Crippen molar-refractivity contribution < 1.29 is 4.79 Å². The Hall–Kier alpha value is -1.39. The molecule has 1 fully saturated rings. The summed E-state index contributed by atoms with van der Waals surface area (Å²) in [5.74, 6) is 0.184. The zero-order valence-corrected chi connectivity index (χ0v) is 13.3. The van der Waals surface area contributed by atoms with Gasteiger partial charge in [0.05, 0.1) is 6.04 Å². The fourth-order valence-corrected chi connectivity index (χ4v) is 3.46. The third-order valence-corrected chi connectivity index (χ3v) is 4.79. The van der Waals surface area contributed by atoms with Gasteiger partial charge in [-0.15, -0.1) is 0 Å². The molecule has 1 atom stereocenters. The van der Waals surface area contributed by atoms with Crippen molar-refractivity contribution in [3.8, 4) is 0 Å². The number of nitrogens with one attached hydrogen (secondary N) is 2. The Bertz CT molecular complexity index is 497. The van der Waals surface area contributed by atoms with Gasteiger partial charge in [-0.05, 0) is 43.4 Å². The first kappa shape index (κ1) is 15.5. The van der Waals surface area contributed by atoms with E-state index in [-0.39, 0.29) is 11.9 Å². The monoisotopic (exact) mass is 301 g/mol. The molecular weight excluding hydrogens is 274 g/mol. The van der Waals surface area contributed by atoms with Crippen LogP contribution in [0, 0.1) is 0 Å². The molecule has 2 aliphatic heterocycles. The van der Waals surface area contributed by atoms with E-state index >= 15 is 0 Å². The van der Waals surface area contributed by atoms with Crippen LogP contribution in [0.4, 0.5) is 0 Å². The van der Waals surface area contributed by atoms with Crippen molar-refractivity contribution in [1.29, 1.82) is 0 Å². The average molecular weight is 301 g/mol. The lowest BCUT2D eigenvalue weighted by atomic mass is 10.00. The number of piperidine rings is 1. The summed E-state index contributed by atoms with van der Waals surface area (Å²) in [6.07, 6.45) is 5.52. The SMILES string of the molecule is O=C(NCCCN1CCc2ccccc2C1)C1CCCCN1. The molecule has 1 unspecified atom stereocenters. The number of carbonyl (C=O) groups is 1. The molecule has 4 heteroatoms. The molecule has 2 N–H and O–H groups in total. The van der Waals surface area contributed by atoms with Crippen molar-refractivity contribution in [1.82, 2.24) is 15.5 Å². The second-order valence-corrected chi connectivity index (χ2v) is 6.44. The Morgan fingerprint density at radius 2 is 2.14 bits per heavy atom. The van der Waals surface area contributed by atoms with Gasteiger partial charge >= 0.3 is 0 Å². The summed E-state index contributed by atoms with van der Waals surface area (Å²) in [5, 5.41) is 6.38. The van der Waals surface area contributed by atoms with E-state index in [1.54, 1.807) is 0 Å². The Kier molecular flexibility index (Phi) is 5.46. The lowest BCUT2D eigenvalue weighted by molar-refractivity contribution is -0.123.